The Balaban J connectivity index is 1.23. The van der Waals surface area contributed by atoms with Crippen LogP contribution >= 0.6 is 0 Å². The molecule has 11 nitrogen and oxygen atoms in total. The minimum absolute atomic E-state index is 0.149. The summed E-state index contributed by atoms with van der Waals surface area (Å²) in [7, 11) is 1.91. The molecule has 4 aromatic rings. The molecule has 260 valence electrons. The lowest BCUT2D eigenvalue weighted by atomic mass is 10.0. The van der Waals surface area contributed by atoms with Gasteiger partial charge < -0.3 is 30.2 Å². The van der Waals surface area contributed by atoms with Gasteiger partial charge in [0.2, 0.25) is 23.6 Å². The highest BCUT2D eigenvalue weighted by Gasteiger charge is 2.40. The Labute approximate surface area is 291 Å². The van der Waals surface area contributed by atoms with Crippen molar-refractivity contribution < 1.29 is 28.7 Å². The third-order valence-corrected chi connectivity index (χ3v) is 9.60. The summed E-state index contributed by atoms with van der Waals surface area (Å²) in [6.45, 7) is 0.525. The van der Waals surface area contributed by atoms with Gasteiger partial charge in [-0.1, -0.05) is 66.7 Å². The number of unbranched alkanes of at least 4 members (excludes halogenated alkanes) is 1. The molecule has 0 radical (unpaired) electrons. The molecule has 0 aliphatic carbocycles. The van der Waals surface area contributed by atoms with Crippen molar-refractivity contribution in [3.8, 4) is 0 Å². The summed E-state index contributed by atoms with van der Waals surface area (Å²) in [6, 6.07) is 24.3. The van der Waals surface area contributed by atoms with E-state index in [1.807, 2.05) is 78.3 Å². The monoisotopic (exact) mass is 677 g/mol. The molecule has 6 rings (SSSR count). The molecule has 2 aliphatic heterocycles. The second kappa shape index (κ2) is 15.8. The Kier molecular flexibility index (Phi) is 10.9. The number of esters is 1. The molecule has 3 aromatic carbocycles. The van der Waals surface area contributed by atoms with Gasteiger partial charge in [-0.05, 0) is 67.3 Å². The van der Waals surface area contributed by atoms with Gasteiger partial charge in [-0.15, -0.1) is 0 Å². The molecule has 3 heterocycles. The van der Waals surface area contributed by atoms with E-state index in [9.17, 15) is 24.0 Å². The highest BCUT2D eigenvalue weighted by atomic mass is 16.5. The third kappa shape index (κ3) is 8.05. The van der Waals surface area contributed by atoms with Gasteiger partial charge in [0.05, 0.1) is 12.2 Å². The number of carbonyl (C=O) groups is 5. The van der Waals surface area contributed by atoms with Crippen LogP contribution in [0.4, 0.5) is 0 Å². The second-order valence-corrected chi connectivity index (χ2v) is 13.0. The average molecular weight is 678 g/mol. The number of nitrogens with one attached hydrogen (secondary N) is 3. The Morgan fingerprint density at radius 2 is 1.42 bits per heavy atom. The van der Waals surface area contributed by atoms with Gasteiger partial charge in [0.1, 0.15) is 24.2 Å². The van der Waals surface area contributed by atoms with Crippen LogP contribution in [0.1, 0.15) is 53.7 Å². The smallest absolute Gasteiger partial charge is 0.338 e. The van der Waals surface area contributed by atoms with Crippen molar-refractivity contribution in [3.63, 3.8) is 0 Å². The highest BCUT2D eigenvalue weighted by molar-refractivity contribution is 5.98. The number of ether oxygens (including phenoxy) is 1. The largest absolute Gasteiger partial charge is 0.462 e. The van der Waals surface area contributed by atoms with Crippen LogP contribution in [0.5, 0.6) is 0 Å². The summed E-state index contributed by atoms with van der Waals surface area (Å²) >= 11 is 0. The molecule has 4 amide bonds. The fourth-order valence-electron chi connectivity index (χ4n) is 6.87. The number of rotatable bonds is 10. The van der Waals surface area contributed by atoms with E-state index in [4.69, 9.17) is 4.74 Å². The number of amides is 4. The first-order valence-electron chi connectivity index (χ1n) is 17.3. The van der Waals surface area contributed by atoms with E-state index in [1.54, 1.807) is 29.2 Å². The van der Waals surface area contributed by atoms with Crippen LogP contribution < -0.4 is 16.0 Å². The molecule has 3 N–H and O–H groups in total. The summed E-state index contributed by atoms with van der Waals surface area (Å²) in [5, 5.41) is 9.80. The number of carbonyl (C=O) groups excluding carboxylic acids is 5. The SMILES string of the molecule is Cn1c(CC2NC(=O)[C@H](CCCCOC(=O)c3ccccc3)NC(=O)[C@H]3CCCN3C(=O)C(Cc3ccccc3)NC2=O)cc2ccccc21. The molecule has 2 aliphatic rings. The molecule has 0 spiro atoms. The summed E-state index contributed by atoms with van der Waals surface area (Å²) in [5.74, 6) is -2.13. The molecule has 0 saturated carbocycles. The Morgan fingerprint density at radius 3 is 2.18 bits per heavy atom. The molecule has 11 heteroatoms. The third-order valence-electron chi connectivity index (χ3n) is 9.60. The van der Waals surface area contributed by atoms with E-state index in [2.05, 4.69) is 16.0 Å². The molecule has 4 atom stereocenters. The maximum Gasteiger partial charge on any atom is 0.338 e. The van der Waals surface area contributed by atoms with Crippen molar-refractivity contribution in [2.75, 3.05) is 13.2 Å². The fourth-order valence-corrected chi connectivity index (χ4v) is 6.87. The van der Waals surface area contributed by atoms with Crippen LogP contribution in [0.3, 0.4) is 0 Å². The Bertz CT molecular complexity index is 1840. The lowest BCUT2D eigenvalue weighted by Gasteiger charge is -2.32. The molecular weight excluding hydrogens is 634 g/mol. The maximum atomic E-state index is 14.2. The van der Waals surface area contributed by atoms with Crippen molar-refractivity contribution in [2.24, 2.45) is 7.05 Å². The van der Waals surface area contributed by atoms with Gasteiger partial charge in [-0.25, -0.2) is 4.79 Å². The summed E-state index contributed by atoms with van der Waals surface area (Å²) in [5.41, 5.74) is 3.13. The topological polar surface area (TPSA) is 139 Å². The standard InChI is InChI=1S/C39H43N5O6/c1-43-29(24-28-17-8-9-19-33(28)43)25-31-36(46)42-32(23-26-13-4-2-5-14-26)38(48)44-21-12-20-34(44)37(47)40-30(35(45)41-31)18-10-11-22-50-39(49)27-15-6-3-7-16-27/h2-9,13-17,19,24,30-32,34H,10-12,18,20-23,25H2,1H3,(H,40,47)(H,41,45)(H,42,46)/t30-,31?,32?,34+/m0/s1. The molecule has 1 aromatic heterocycles. The number of hydrogen-bond acceptors (Lipinski definition) is 6. The van der Waals surface area contributed by atoms with Gasteiger partial charge >= 0.3 is 5.97 Å². The highest BCUT2D eigenvalue weighted by Crippen LogP contribution is 2.23. The number of aryl methyl sites for hydroxylation is 1. The average Bonchev–Trinajstić information content (AvgIpc) is 3.75. The zero-order valence-corrected chi connectivity index (χ0v) is 28.2. The lowest BCUT2D eigenvalue weighted by Crippen LogP contribution is -2.62. The van der Waals surface area contributed by atoms with Crippen molar-refractivity contribution in [1.82, 2.24) is 25.4 Å². The predicted octanol–water partition coefficient (Wildman–Crippen LogP) is 3.45. The van der Waals surface area contributed by atoms with Gasteiger partial charge in [0.25, 0.3) is 0 Å². The maximum absolute atomic E-state index is 14.2. The predicted molar refractivity (Wildman–Crippen MR) is 188 cm³/mol. The number of benzene rings is 3. The first kappa shape index (κ1) is 34.4. The minimum atomic E-state index is -1.03. The first-order valence-corrected chi connectivity index (χ1v) is 17.3. The van der Waals surface area contributed by atoms with Crippen molar-refractivity contribution in [2.45, 2.75) is 69.1 Å². The molecule has 2 saturated heterocycles. The number of aromatic nitrogens is 1. The molecule has 2 unspecified atom stereocenters. The summed E-state index contributed by atoms with van der Waals surface area (Å²) < 4.78 is 7.39. The minimum Gasteiger partial charge on any atom is -0.462 e. The second-order valence-electron chi connectivity index (χ2n) is 13.0. The lowest BCUT2D eigenvalue weighted by molar-refractivity contribution is -0.143. The van der Waals surface area contributed by atoms with E-state index < -0.39 is 47.9 Å². The summed E-state index contributed by atoms with van der Waals surface area (Å²) in [4.78, 5) is 69.9. The van der Waals surface area contributed by atoms with Gasteiger partial charge in [0, 0.05) is 37.6 Å². The van der Waals surface area contributed by atoms with E-state index in [-0.39, 0.29) is 31.8 Å². The van der Waals surface area contributed by atoms with Crippen LogP contribution in [0.15, 0.2) is 91.0 Å². The molecule has 50 heavy (non-hydrogen) atoms. The van der Waals surface area contributed by atoms with Crippen molar-refractivity contribution in [3.05, 3.63) is 108 Å². The van der Waals surface area contributed by atoms with Gasteiger partial charge in [-0.3, -0.25) is 19.2 Å². The van der Waals surface area contributed by atoms with E-state index in [1.165, 1.54) is 0 Å². The van der Waals surface area contributed by atoms with E-state index >= 15 is 0 Å². The fraction of sp³-hybridized carbons (Fsp3) is 0.359. The number of hydrogen-bond donors (Lipinski definition) is 3. The van der Waals surface area contributed by atoms with Crippen LogP contribution in [-0.2, 0) is 43.8 Å². The quantitative estimate of drug-likeness (QED) is 0.174. The normalized spacial score (nSPS) is 21.4. The molecule has 2 fully saturated rings. The van der Waals surface area contributed by atoms with E-state index in [0.717, 1.165) is 22.2 Å². The van der Waals surface area contributed by atoms with Crippen LogP contribution in [0, 0.1) is 0 Å². The Hall–Kier alpha value is -5.45. The van der Waals surface area contributed by atoms with Crippen molar-refractivity contribution >= 4 is 40.5 Å². The molecular formula is C39H43N5O6. The Morgan fingerprint density at radius 1 is 0.760 bits per heavy atom. The van der Waals surface area contributed by atoms with Crippen LogP contribution in [0.25, 0.3) is 10.9 Å². The zero-order chi connectivity index (χ0) is 35.0. The molecule has 0 bridgehead atoms. The summed E-state index contributed by atoms with van der Waals surface area (Å²) in [6.07, 6.45) is 2.67. The van der Waals surface area contributed by atoms with Crippen LogP contribution in [0.2, 0.25) is 0 Å². The number of para-hydroxylation sites is 1. The number of fused-ring (bicyclic) bond motifs is 2. The first-order chi connectivity index (χ1) is 24.3. The number of nitrogens with zero attached hydrogens (tertiary/aromatic N) is 2. The van der Waals surface area contributed by atoms with Gasteiger partial charge in [-0.2, -0.15) is 0 Å². The van der Waals surface area contributed by atoms with E-state index in [0.29, 0.717) is 37.8 Å². The van der Waals surface area contributed by atoms with Crippen molar-refractivity contribution in [1.29, 1.82) is 0 Å². The van der Waals surface area contributed by atoms with Gasteiger partial charge in [0.15, 0.2) is 0 Å². The zero-order valence-electron chi connectivity index (χ0n) is 28.2. The van der Waals surface area contributed by atoms with Crippen LogP contribution in [-0.4, -0.2) is 76.4 Å².